The molecule has 1 aromatic heterocycles. The zero-order valence-corrected chi connectivity index (χ0v) is 17.1. The molecule has 28 heavy (non-hydrogen) atoms. The van der Waals surface area contributed by atoms with Gasteiger partial charge in [-0.05, 0) is 24.3 Å². The highest BCUT2D eigenvalue weighted by Crippen LogP contribution is 2.33. The third kappa shape index (κ3) is 3.99. The summed E-state index contributed by atoms with van der Waals surface area (Å²) < 4.78 is 31.3. The minimum absolute atomic E-state index is 0.0410. The van der Waals surface area contributed by atoms with Crippen molar-refractivity contribution in [3.05, 3.63) is 53.6 Å². The van der Waals surface area contributed by atoms with E-state index in [0.29, 0.717) is 28.8 Å². The minimum atomic E-state index is -3.45. The second kappa shape index (κ2) is 7.69. The maximum absolute atomic E-state index is 12.3. The van der Waals surface area contributed by atoms with Gasteiger partial charge in [-0.1, -0.05) is 47.2 Å². The highest BCUT2D eigenvalue weighted by Gasteiger charge is 2.33. The van der Waals surface area contributed by atoms with Crippen LogP contribution in [0.4, 0.5) is 0 Å². The Morgan fingerprint density at radius 2 is 1.93 bits per heavy atom. The number of likely N-dealkylation sites (tertiary alicyclic amines) is 1. The zero-order valence-electron chi connectivity index (χ0n) is 14.7. The molecule has 146 valence electrons. The highest BCUT2D eigenvalue weighted by atomic mass is 35.5. The van der Waals surface area contributed by atoms with Gasteiger partial charge in [0.2, 0.25) is 5.91 Å². The summed E-state index contributed by atoms with van der Waals surface area (Å²) in [5.74, 6) is -0.388. The quantitative estimate of drug-likeness (QED) is 0.591. The lowest BCUT2D eigenvalue weighted by atomic mass is 10.1. The molecule has 1 saturated heterocycles. The van der Waals surface area contributed by atoms with Gasteiger partial charge >= 0.3 is 0 Å². The normalized spacial score (nSPS) is 14.8. The summed E-state index contributed by atoms with van der Waals surface area (Å²) >= 11 is 7.53. The number of halogens is 1. The van der Waals surface area contributed by atoms with Crippen molar-refractivity contribution in [3.63, 3.8) is 0 Å². The van der Waals surface area contributed by atoms with Crippen LogP contribution in [-0.4, -0.2) is 49.2 Å². The number of ether oxygens (including phenoxy) is 1. The van der Waals surface area contributed by atoms with Gasteiger partial charge in [0.25, 0.3) is 5.19 Å². The fraction of sp³-hybridized carbons (Fsp3) is 0.263. The summed E-state index contributed by atoms with van der Waals surface area (Å²) in [6, 6.07) is 13.7. The fourth-order valence-electron chi connectivity index (χ4n) is 2.93. The maximum atomic E-state index is 12.3. The van der Waals surface area contributed by atoms with Gasteiger partial charge in [-0.3, -0.25) is 4.79 Å². The molecule has 1 amide bonds. The molecule has 1 aliphatic rings. The van der Waals surface area contributed by atoms with Gasteiger partial charge in [-0.2, -0.15) is 0 Å². The van der Waals surface area contributed by atoms with Crippen molar-refractivity contribution in [2.24, 2.45) is 0 Å². The van der Waals surface area contributed by atoms with Crippen molar-refractivity contribution in [1.29, 1.82) is 0 Å². The molecule has 3 aromatic rings. The molecule has 0 spiro atoms. The smallest absolute Gasteiger partial charge is 0.274 e. The van der Waals surface area contributed by atoms with Crippen LogP contribution in [0.3, 0.4) is 0 Å². The molecular formula is C19H17ClN2O4S2. The number of nitrogens with zero attached hydrogens (tertiary/aromatic N) is 2. The van der Waals surface area contributed by atoms with Gasteiger partial charge in [-0.15, -0.1) is 0 Å². The van der Waals surface area contributed by atoms with Crippen LogP contribution in [-0.2, 0) is 14.6 Å². The van der Waals surface area contributed by atoms with Crippen LogP contribution in [0.5, 0.6) is 5.19 Å². The molecular weight excluding hydrogens is 420 g/mol. The lowest BCUT2D eigenvalue weighted by Gasteiger charge is -2.38. The van der Waals surface area contributed by atoms with Gasteiger partial charge < -0.3 is 9.64 Å². The molecule has 0 N–H and O–H groups in total. The molecule has 0 aliphatic carbocycles. The number of amides is 1. The Labute approximate surface area is 171 Å². The van der Waals surface area contributed by atoms with Gasteiger partial charge in [0.05, 0.1) is 33.5 Å². The van der Waals surface area contributed by atoms with Crippen LogP contribution < -0.4 is 4.74 Å². The van der Waals surface area contributed by atoms with Crippen molar-refractivity contribution in [1.82, 2.24) is 9.88 Å². The molecule has 0 unspecified atom stereocenters. The number of hydrogen-bond acceptors (Lipinski definition) is 6. The topological polar surface area (TPSA) is 76.6 Å². The minimum Gasteiger partial charge on any atom is -0.463 e. The van der Waals surface area contributed by atoms with Gasteiger partial charge in [0.15, 0.2) is 9.84 Å². The van der Waals surface area contributed by atoms with Crippen LogP contribution in [0.1, 0.15) is 6.42 Å². The predicted octanol–water partition coefficient (Wildman–Crippen LogP) is 3.40. The van der Waals surface area contributed by atoms with Crippen molar-refractivity contribution in [2.45, 2.75) is 17.4 Å². The summed E-state index contributed by atoms with van der Waals surface area (Å²) in [6.45, 7) is 0.849. The van der Waals surface area contributed by atoms with E-state index in [9.17, 15) is 13.2 Å². The second-order valence-corrected chi connectivity index (χ2v) is 10.00. The van der Waals surface area contributed by atoms with Crippen LogP contribution >= 0.6 is 22.9 Å². The van der Waals surface area contributed by atoms with E-state index in [2.05, 4.69) is 4.98 Å². The number of para-hydroxylation sites is 1. The molecule has 0 saturated carbocycles. The third-order valence-corrected chi connectivity index (χ3v) is 7.45. The number of hydrogen-bond donors (Lipinski definition) is 0. The number of thiazole rings is 1. The molecule has 4 rings (SSSR count). The van der Waals surface area contributed by atoms with Crippen LogP contribution in [0.15, 0.2) is 53.4 Å². The molecule has 0 bridgehead atoms. The lowest BCUT2D eigenvalue weighted by molar-refractivity contribution is -0.139. The monoisotopic (exact) mass is 436 g/mol. The molecule has 6 nitrogen and oxygen atoms in total. The zero-order chi connectivity index (χ0) is 19.7. The SMILES string of the molecule is O=C(CCS(=O)(=O)c1ccccc1)N1CC(Oc2nc3c(Cl)cccc3s2)C1. The number of aromatic nitrogens is 1. The Kier molecular flexibility index (Phi) is 5.27. The molecule has 0 radical (unpaired) electrons. The summed E-state index contributed by atoms with van der Waals surface area (Å²) in [4.78, 5) is 18.5. The average Bonchev–Trinajstić information content (AvgIpc) is 3.07. The molecule has 2 aromatic carbocycles. The van der Waals surface area contributed by atoms with Gasteiger partial charge in [-0.25, -0.2) is 13.4 Å². The number of sulfone groups is 1. The summed E-state index contributed by atoms with van der Waals surface area (Å²) in [5, 5.41) is 1.10. The Bertz CT molecular complexity index is 1110. The predicted molar refractivity (Wildman–Crippen MR) is 109 cm³/mol. The highest BCUT2D eigenvalue weighted by molar-refractivity contribution is 7.91. The second-order valence-electron chi connectivity index (χ2n) is 6.49. The number of rotatable bonds is 6. The first-order chi connectivity index (χ1) is 13.4. The number of benzene rings is 2. The molecule has 1 fully saturated rings. The largest absolute Gasteiger partial charge is 0.463 e. The van der Waals surface area contributed by atoms with Gasteiger partial charge in [0.1, 0.15) is 11.6 Å². The van der Waals surface area contributed by atoms with Crippen LogP contribution in [0.25, 0.3) is 10.2 Å². The molecule has 9 heteroatoms. The van der Waals surface area contributed by atoms with E-state index in [1.54, 1.807) is 29.2 Å². The Morgan fingerprint density at radius 1 is 1.18 bits per heavy atom. The van der Waals surface area contributed by atoms with Crippen molar-refractivity contribution < 1.29 is 17.9 Å². The Hall–Kier alpha value is -2.16. The number of carbonyl (C=O) groups is 1. The molecule has 2 heterocycles. The van der Waals surface area contributed by atoms with E-state index < -0.39 is 9.84 Å². The van der Waals surface area contributed by atoms with E-state index >= 15 is 0 Å². The first-order valence-electron chi connectivity index (χ1n) is 8.70. The maximum Gasteiger partial charge on any atom is 0.274 e. The molecule has 1 aliphatic heterocycles. The lowest BCUT2D eigenvalue weighted by Crippen LogP contribution is -2.56. The fourth-order valence-corrected chi connectivity index (χ4v) is 5.36. The first kappa shape index (κ1) is 19.2. The van der Waals surface area contributed by atoms with E-state index in [1.807, 2.05) is 12.1 Å². The average molecular weight is 437 g/mol. The standard InChI is InChI=1S/C19H17ClN2O4S2/c20-15-7-4-8-16-18(15)21-19(27-16)26-13-11-22(12-13)17(23)9-10-28(24,25)14-5-2-1-3-6-14/h1-8,13H,9-12H2. The van der Waals surface area contributed by atoms with Crippen molar-refractivity contribution in [3.8, 4) is 5.19 Å². The van der Waals surface area contributed by atoms with E-state index in [1.165, 1.54) is 23.5 Å². The van der Waals surface area contributed by atoms with Crippen molar-refractivity contribution in [2.75, 3.05) is 18.8 Å². The number of carbonyl (C=O) groups excluding carboxylic acids is 1. The Morgan fingerprint density at radius 3 is 2.64 bits per heavy atom. The summed E-state index contributed by atoms with van der Waals surface area (Å²) in [6.07, 6.45) is -0.185. The third-order valence-electron chi connectivity index (χ3n) is 4.51. The van der Waals surface area contributed by atoms with Gasteiger partial charge in [0, 0.05) is 6.42 Å². The Balaban J connectivity index is 1.29. The summed E-state index contributed by atoms with van der Waals surface area (Å²) in [7, 11) is -3.45. The number of fused-ring (bicyclic) bond motifs is 1. The van der Waals surface area contributed by atoms with E-state index in [4.69, 9.17) is 16.3 Å². The van der Waals surface area contributed by atoms with Crippen LogP contribution in [0.2, 0.25) is 5.02 Å². The van der Waals surface area contributed by atoms with Crippen LogP contribution in [0, 0.1) is 0 Å². The van der Waals surface area contributed by atoms with E-state index in [-0.39, 0.29) is 29.1 Å². The molecule has 0 atom stereocenters. The van der Waals surface area contributed by atoms with E-state index in [0.717, 1.165) is 4.70 Å². The summed E-state index contributed by atoms with van der Waals surface area (Å²) in [5.41, 5.74) is 0.711. The van der Waals surface area contributed by atoms with Crippen molar-refractivity contribution >= 4 is 48.9 Å². The first-order valence-corrected chi connectivity index (χ1v) is 11.5.